The van der Waals surface area contributed by atoms with Crippen LogP contribution in [0.25, 0.3) is 0 Å². The summed E-state index contributed by atoms with van der Waals surface area (Å²) in [6, 6.07) is 5.85. The summed E-state index contributed by atoms with van der Waals surface area (Å²) >= 11 is 3.44. The normalized spacial score (nSPS) is 14.7. The van der Waals surface area contributed by atoms with Gasteiger partial charge in [-0.25, -0.2) is 0 Å². The van der Waals surface area contributed by atoms with Crippen LogP contribution in [-0.4, -0.2) is 20.5 Å². The topological polar surface area (TPSA) is 27.7 Å². The maximum Gasteiger partial charge on any atom is 0.189 e. The molecule has 0 amide bonds. The molecule has 3 nitrogen and oxygen atoms in total. The smallest absolute Gasteiger partial charge is 0.189 e. The SMILES string of the molecule is COc1cccc(CBr)c1OCOCC1CC1. The van der Waals surface area contributed by atoms with Crippen LogP contribution in [0.15, 0.2) is 18.2 Å². The van der Waals surface area contributed by atoms with Crippen molar-refractivity contribution in [3.05, 3.63) is 23.8 Å². The number of hydrogen-bond donors (Lipinski definition) is 0. The van der Waals surface area contributed by atoms with Gasteiger partial charge < -0.3 is 14.2 Å². The monoisotopic (exact) mass is 300 g/mol. The summed E-state index contributed by atoms with van der Waals surface area (Å²) < 4.78 is 16.4. The maximum absolute atomic E-state index is 5.65. The van der Waals surface area contributed by atoms with Crippen LogP contribution in [0.4, 0.5) is 0 Å². The van der Waals surface area contributed by atoms with Crippen molar-refractivity contribution >= 4 is 15.9 Å². The fourth-order valence-electron chi connectivity index (χ4n) is 1.59. The van der Waals surface area contributed by atoms with Crippen molar-refractivity contribution in [2.75, 3.05) is 20.5 Å². The van der Waals surface area contributed by atoms with Crippen LogP contribution in [0, 0.1) is 5.92 Å². The van der Waals surface area contributed by atoms with E-state index in [2.05, 4.69) is 15.9 Å². The molecule has 0 spiro atoms. The van der Waals surface area contributed by atoms with Gasteiger partial charge in [0.05, 0.1) is 13.7 Å². The molecule has 0 heterocycles. The lowest BCUT2D eigenvalue weighted by Crippen LogP contribution is -2.07. The van der Waals surface area contributed by atoms with Gasteiger partial charge in [0.1, 0.15) is 0 Å². The highest BCUT2D eigenvalue weighted by atomic mass is 79.9. The molecule has 1 aromatic rings. The van der Waals surface area contributed by atoms with Crippen molar-refractivity contribution in [2.24, 2.45) is 5.92 Å². The van der Waals surface area contributed by atoms with Crippen LogP contribution in [0.5, 0.6) is 11.5 Å². The first kappa shape index (κ1) is 12.7. The molecule has 0 aromatic heterocycles. The van der Waals surface area contributed by atoms with Crippen LogP contribution < -0.4 is 9.47 Å². The molecule has 1 aromatic carbocycles. The Morgan fingerprint density at radius 3 is 2.82 bits per heavy atom. The number of hydrogen-bond acceptors (Lipinski definition) is 3. The second-order valence-corrected chi connectivity index (χ2v) is 4.72. The minimum atomic E-state index is 0.289. The molecular formula is C13H17BrO3. The van der Waals surface area contributed by atoms with E-state index in [9.17, 15) is 0 Å². The Bertz CT molecular complexity index is 341. The summed E-state index contributed by atoms with van der Waals surface area (Å²) in [6.07, 6.45) is 2.59. The van der Waals surface area contributed by atoms with E-state index in [1.807, 2.05) is 18.2 Å². The summed E-state index contributed by atoms with van der Waals surface area (Å²) in [5, 5.41) is 0.738. The molecule has 4 heteroatoms. The zero-order valence-electron chi connectivity index (χ0n) is 9.95. The van der Waals surface area contributed by atoms with E-state index in [-0.39, 0.29) is 6.79 Å². The second-order valence-electron chi connectivity index (χ2n) is 4.16. The van der Waals surface area contributed by atoms with Gasteiger partial charge in [-0.05, 0) is 24.8 Å². The number of halogens is 1. The molecule has 17 heavy (non-hydrogen) atoms. The number of ether oxygens (including phenoxy) is 3. The van der Waals surface area contributed by atoms with E-state index in [0.717, 1.165) is 34.9 Å². The Labute approximate surface area is 110 Å². The zero-order chi connectivity index (χ0) is 12.1. The first-order valence-electron chi connectivity index (χ1n) is 5.77. The van der Waals surface area contributed by atoms with Crippen molar-refractivity contribution < 1.29 is 14.2 Å². The third-order valence-corrected chi connectivity index (χ3v) is 3.37. The summed E-state index contributed by atoms with van der Waals surface area (Å²) in [4.78, 5) is 0. The fourth-order valence-corrected chi connectivity index (χ4v) is 2.03. The third-order valence-electron chi connectivity index (χ3n) is 2.76. The van der Waals surface area contributed by atoms with Crippen LogP contribution in [0.1, 0.15) is 18.4 Å². The Hall–Kier alpha value is -0.740. The number of alkyl halides is 1. The molecule has 0 saturated heterocycles. The van der Waals surface area contributed by atoms with Crippen molar-refractivity contribution in [1.82, 2.24) is 0 Å². The molecule has 1 aliphatic carbocycles. The van der Waals surface area contributed by atoms with E-state index in [4.69, 9.17) is 14.2 Å². The van der Waals surface area contributed by atoms with Gasteiger partial charge in [-0.2, -0.15) is 0 Å². The Morgan fingerprint density at radius 1 is 1.35 bits per heavy atom. The van der Waals surface area contributed by atoms with Gasteiger partial charge >= 0.3 is 0 Å². The average molecular weight is 301 g/mol. The predicted molar refractivity (Wildman–Crippen MR) is 69.8 cm³/mol. The highest BCUT2D eigenvalue weighted by Gasteiger charge is 2.21. The summed E-state index contributed by atoms with van der Waals surface area (Å²) in [6.45, 7) is 1.09. The van der Waals surface area contributed by atoms with Gasteiger partial charge in [0, 0.05) is 10.9 Å². The van der Waals surface area contributed by atoms with Crippen LogP contribution in [-0.2, 0) is 10.1 Å². The lowest BCUT2D eigenvalue weighted by molar-refractivity contribution is 0.00825. The standard InChI is InChI=1S/C13H17BrO3/c1-15-12-4-2-3-11(7-14)13(12)17-9-16-8-10-5-6-10/h2-4,10H,5-9H2,1H3. The number of rotatable bonds is 7. The summed E-state index contributed by atoms with van der Waals surface area (Å²) in [5.41, 5.74) is 1.07. The van der Waals surface area contributed by atoms with Crippen molar-refractivity contribution in [2.45, 2.75) is 18.2 Å². The van der Waals surface area contributed by atoms with Crippen LogP contribution in [0.2, 0.25) is 0 Å². The van der Waals surface area contributed by atoms with E-state index >= 15 is 0 Å². The number of methoxy groups -OCH3 is 1. The minimum absolute atomic E-state index is 0.289. The van der Waals surface area contributed by atoms with Gasteiger partial charge in [0.15, 0.2) is 18.3 Å². The molecule has 1 fully saturated rings. The lowest BCUT2D eigenvalue weighted by Gasteiger charge is -2.13. The number of para-hydroxylation sites is 1. The Balaban J connectivity index is 1.91. The zero-order valence-corrected chi connectivity index (χ0v) is 11.5. The fraction of sp³-hybridized carbons (Fsp3) is 0.538. The van der Waals surface area contributed by atoms with E-state index in [1.54, 1.807) is 7.11 Å². The first-order valence-corrected chi connectivity index (χ1v) is 6.89. The van der Waals surface area contributed by atoms with Crippen LogP contribution >= 0.6 is 15.9 Å². The molecular weight excluding hydrogens is 284 g/mol. The van der Waals surface area contributed by atoms with Gasteiger partial charge in [-0.15, -0.1) is 0 Å². The van der Waals surface area contributed by atoms with E-state index in [1.165, 1.54) is 12.8 Å². The lowest BCUT2D eigenvalue weighted by atomic mass is 10.2. The van der Waals surface area contributed by atoms with Crippen molar-refractivity contribution in [3.8, 4) is 11.5 Å². The quantitative estimate of drug-likeness (QED) is 0.439. The van der Waals surface area contributed by atoms with Crippen molar-refractivity contribution in [3.63, 3.8) is 0 Å². The third kappa shape index (κ3) is 3.61. The molecule has 0 radical (unpaired) electrons. The molecule has 0 unspecified atom stereocenters. The molecule has 94 valence electrons. The molecule has 2 rings (SSSR count). The highest BCUT2D eigenvalue weighted by molar-refractivity contribution is 9.08. The van der Waals surface area contributed by atoms with Gasteiger partial charge in [-0.3, -0.25) is 0 Å². The first-order chi connectivity index (χ1) is 8.35. The molecule has 1 saturated carbocycles. The Morgan fingerprint density at radius 2 is 2.18 bits per heavy atom. The highest BCUT2D eigenvalue weighted by Crippen LogP contribution is 2.33. The summed E-state index contributed by atoms with van der Waals surface area (Å²) in [5.74, 6) is 2.27. The molecule has 1 aliphatic rings. The van der Waals surface area contributed by atoms with Gasteiger partial charge in [0.2, 0.25) is 0 Å². The summed E-state index contributed by atoms with van der Waals surface area (Å²) in [7, 11) is 1.64. The maximum atomic E-state index is 5.65. The predicted octanol–water partition coefficient (Wildman–Crippen LogP) is 3.35. The minimum Gasteiger partial charge on any atom is -0.493 e. The van der Waals surface area contributed by atoms with Crippen LogP contribution in [0.3, 0.4) is 0 Å². The largest absolute Gasteiger partial charge is 0.493 e. The molecule has 0 atom stereocenters. The average Bonchev–Trinajstić information content (AvgIpc) is 3.18. The Kier molecular flexibility index (Phi) is 4.68. The van der Waals surface area contributed by atoms with E-state index in [0.29, 0.717) is 0 Å². The van der Waals surface area contributed by atoms with Gasteiger partial charge in [0.25, 0.3) is 0 Å². The molecule has 0 N–H and O–H groups in total. The molecule has 0 bridgehead atoms. The number of benzene rings is 1. The second kappa shape index (κ2) is 6.26. The van der Waals surface area contributed by atoms with Crippen molar-refractivity contribution in [1.29, 1.82) is 0 Å². The molecule has 0 aliphatic heterocycles. The van der Waals surface area contributed by atoms with Gasteiger partial charge in [-0.1, -0.05) is 28.1 Å². The van der Waals surface area contributed by atoms with E-state index < -0.39 is 0 Å².